The molecule has 2 nitrogen and oxygen atoms in total. The maximum absolute atomic E-state index is 5.63. The van der Waals surface area contributed by atoms with Gasteiger partial charge in [-0.25, -0.2) is 0 Å². The van der Waals surface area contributed by atoms with Gasteiger partial charge in [0.2, 0.25) is 0 Å². The third-order valence-corrected chi connectivity index (χ3v) is 2.13. The van der Waals surface area contributed by atoms with Crippen molar-refractivity contribution < 1.29 is 4.74 Å². The molecule has 1 rings (SSSR count). The smallest absolute Gasteiger partial charge is 0.0760 e. The fraction of sp³-hybridized carbons (Fsp3) is 0.800. The Balaban J connectivity index is 2.10. The molecule has 0 spiro atoms. The molecule has 0 bridgehead atoms. The normalized spacial score (nSPS) is 30.2. The maximum Gasteiger partial charge on any atom is 0.0760 e. The SMILES string of the molecule is CCNC/C=C/C1CCC(C)O1. The van der Waals surface area contributed by atoms with Crippen LogP contribution in [-0.4, -0.2) is 25.3 Å². The van der Waals surface area contributed by atoms with Crippen molar-refractivity contribution in [1.29, 1.82) is 0 Å². The second kappa shape index (κ2) is 5.33. The summed E-state index contributed by atoms with van der Waals surface area (Å²) in [7, 11) is 0. The van der Waals surface area contributed by atoms with Crippen LogP contribution in [0.4, 0.5) is 0 Å². The van der Waals surface area contributed by atoms with E-state index < -0.39 is 0 Å². The van der Waals surface area contributed by atoms with Gasteiger partial charge in [-0.2, -0.15) is 0 Å². The summed E-state index contributed by atoms with van der Waals surface area (Å²) in [5, 5.41) is 3.24. The van der Waals surface area contributed by atoms with E-state index in [1.165, 1.54) is 12.8 Å². The van der Waals surface area contributed by atoms with Crippen LogP contribution in [0, 0.1) is 0 Å². The van der Waals surface area contributed by atoms with Gasteiger partial charge in [-0.3, -0.25) is 0 Å². The Bertz CT molecular complexity index is 145. The highest BCUT2D eigenvalue weighted by atomic mass is 16.5. The van der Waals surface area contributed by atoms with Gasteiger partial charge in [-0.05, 0) is 26.3 Å². The van der Waals surface area contributed by atoms with Crippen molar-refractivity contribution in [3.8, 4) is 0 Å². The highest BCUT2D eigenvalue weighted by molar-refractivity contribution is 4.93. The molecule has 0 saturated carbocycles. The summed E-state index contributed by atoms with van der Waals surface area (Å²) in [5.74, 6) is 0. The first kappa shape index (κ1) is 9.75. The Morgan fingerprint density at radius 1 is 1.50 bits per heavy atom. The zero-order valence-electron chi connectivity index (χ0n) is 8.05. The molecule has 1 aliphatic rings. The van der Waals surface area contributed by atoms with E-state index in [9.17, 15) is 0 Å². The number of ether oxygens (including phenoxy) is 1. The van der Waals surface area contributed by atoms with E-state index in [2.05, 4.69) is 31.3 Å². The summed E-state index contributed by atoms with van der Waals surface area (Å²) in [4.78, 5) is 0. The van der Waals surface area contributed by atoms with Gasteiger partial charge < -0.3 is 10.1 Å². The van der Waals surface area contributed by atoms with Crippen LogP contribution < -0.4 is 5.32 Å². The standard InChI is InChI=1S/C10H19NO/c1-3-11-8-4-5-10-7-6-9(2)12-10/h4-5,9-11H,3,6-8H2,1-2H3/b5-4+. The molecule has 0 aliphatic carbocycles. The molecule has 2 atom stereocenters. The molecule has 0 aromatic rings. The number of hydrogen-bond acceptors (Lipinski definition) is 2. The lowest BCUT2D eigenvalue weighted by Gasteiger charge is -2.04. The van der Waals surface area contributed by atoms with Gasteiger partial charge in [0.15, 0.2) is 0 Å². The Morgan fingerprint density at radius 2 is 2.33 bits per heavy atom. The van der Waals surface area contributed by atoms with E-state index in [0.29, 0.717) is 12.2 Å². The molecule has 1 saturated heterocycles. The fourth-order valence-corrected chi connectivity index (χ4v) is 1.42. The molecule has 0 radical (unpaired) electrons. The van der Waals surface area contributed by atoms with Gasteiger partial charge in [-0.1, -0.05) is 19.1 Å². The van der Waals surface area contributed by atoms with E-state index in [-0.39, 0.29) is 0 Å². The molecule has 0 aromatic carbocycles. The quantitative estimate of drug-likeness (QED) is 0.511. The van der Waals surface area contributed by atoms with E-state index >= 15 is 0 Å². The molecule has 70 valence electrons. The topological polar surface area (TPSA) is 21.3 Å². The van der Waals surface area contributed by atoms with Gasteiger partial charge in [0.05, 0.1) is 12.2 Å². The predicted molar refractivity (Wildman–Crippen MR) is 51.3 cm³/mol. The first-order chi connectivity index (χ1) is 5.83. The lowest BCUT2D eigenvalue weighted by atomic mass is 10.2. The van der Waals surface area contributed by atoms with Crippen molar-refractivity contribution in [3.05, 3.63) is 12.2 Å². The molecule has 0 aromatic heterocycles. The van der Waals surface area contributed by atoms with Gasteiger partial charge in [0.1, 0.15) is 0 Å². The van der Waals surface area contributed by atoms with Crippen molar-refractivity contribution in [2.75, 3.05) is 13.1 Å². The van der Waals surface area contributed by atoms with E-state index in [1.807, 2.05) is 0 Å². The third-order valence-electron chi connectivity index (χ3n) is 2.13. The summed E-state index contributed by atoms with van der Waals surface area (Å²) in [6, 6.07) is 0. The van der Waals surface area contributed by atoms with Gasteiger partial charge >= 0.3 is 0 Å². The monoisotopic (exact) mass is 169 g/mol. The van der Waals surface area contributed by atoms with Crippen LogP contribution in [0.1, 0.15) is 26.7 Å². The molecule has 2 unspecified atom stereocenters. The van der Waals surface area contributed by atoms with Crippen molar-refractivity contribution >= 4 is 0 Å². The average Bonchev–Trinajstić information content (AvgIpc) is 2.45. The van der Waals surface area contributed by atoms with Crippen molar-refractivity contribution in [2.45, 2.75) is 38.9 Å². The first-order valence-electron chi connectivity index (χ1n) is 4.85. The number of likely N-dealkylation sites (N-methyl/N-ethyl adjacent to an activating group) is 1. The third kappa shape index (κ3) is 3.37. The zero-order valence-corrected chi connectivity index (χ0v) is 8.05. The highest BCUT2D eigenvalue weighted by Gasteiger charge is 2.18. The molecule has 12 heavy (non-hydrogen) atoms. The van der Waals surface area contributed by atoms with Gasteiger partial charge in [0, 0.05) is 6.54 Å². The Labute approximate surface area is 75.0 Å². The van der Waals surface area contributed by atoms with Crippen molar-refractivity contribution in [3.63, 3.8) is 0 Å². The molecular weight excluding hydrogens is 150 g/mol. The number of hydrogen-bond donors (Lipinski definition) is 1. The largest absolute Gasteiger partial charge is 0.371 e. The summed E-state index contributed by atoms with van der Waals surface area (Å²) in [6.07, 6.45) is 7.55. The summed E-state index contributed by atoms with van der Waals surface area (Å²) < 4.78 is 5.63. The molecule has 0 amide bonds. The predicted octanol–water partition coefficient (Wildman–Crippen LogP) is 1.72. The first-order valence-corrected chi connectivity index (χ1v) is 4.85. The summed E-state index contributed by atoms with van der Waals surface area (Å²) in [6.45, 7) is 6.25. The van der Waals surface area contributed by atoms with Crippen LogP contribution in [-0.2, 0) is 4.74 Å². The Hall–Kier alpha value is -0.340. The Morgan fingerprint density at radius 3 is 2.92 bits per heavy atom. The van der Waals surface area contributed by atoms with Crippen LogP contribution in [0.3, 0.4) is 0 Å². The minimum atomic E-state index is 0.374. The molecule has 2 heteroatoms. The summed E-state index contributed by atoms with van der Waals surface area (Å²) >= 11 is 0. The van der Waals surface area contributed by atoms with Crippen LogP contribution in [0.25, 0.3) is 0 Å². The molecular formula is C10H19NO. The van der Waals surface area contributed by atoms with E-state index in [0.717, 1.165) is 13.1 Å². The second-order valence-electron chi connectivity index (χ2n) is 3.30. The van der Waals surface area contributed by atoms with Crippen LogP contribution >= 0.6 is 0 Å². The van der Waals surface area contributed by atoms with Crippen molar-refractivity contribution in [2.24, 2.45) is 0 Å². The lowest BCUT2D eigenvalue weighted by Crippen LogP contribution is -2.12. The van der Waals surface area contributed by atoms with Crippen LogP contribution in [0.5, 0.6) is 0 Å². The van der Waals surface area contributed by atoms with Crippen molar-refractivity contribution in [1.82, 2.24) is 5.32 Å². The zero-order chi connectivity index (χ0) is 8.81. The summed E-state index contributed by atoms with van der Waals surface area (Å²) in [5.41, 5.74) is 0. The van der Waals surface area contributed by atoms with Gasteiger partial charge in [0.25, 0.3) is 0 Å². The fourth-order valence-electron chi connectivity index (χ4n) is 1.42. The van der Waals surface area contributed by atoms with Gasteiger partial charge in [-0.15, -0.1) is 0 Å². The molecule has 1 aliphatic heterocycles. The maximum atomic E-state index is 5.63. The number of nitrogens with one attached hydrogen (secondary N) is 1. The highest BCUT2D eigenvalue weighted by Crippen LogP contribution is 2.19. The van der Waals surface area contributed by atoms with Crippen LogP contribution in [0.2, 0.25) is 0 Å². The lowest BCUT2D eigenvalue weighted by molar-refractivity contribution is 0.0832. The van der Waals surface area contributed by atoms with Crippen LogP contribution in [0.15, 0.2) is 12.2 Å². The van der Waals surface area contributed by atoms with E-state index in [1.54, 1.807) is 0 Å². The second-order valence-corrected chi connectivity index (χ2v) is 3.30. The molecule has 1 heterocycles. The average molecular weight is 169 g/mol. The molecule has 1 N–H and O–H groups in total. The molecule has 1 fully saturated rings. The minimum Gasteiger partial charge on any atom is -0.371 e. The minimum absolute atomic E-state index is 0.374. The van der Waals surface area contributed by atoms with E-state index in [4.69, 9.17) is 4.74 Å². The Kier molecular flexibility index (Phi) is 4.33. The number of rotatable bonds is 4.